The van der Waals surface area contributed by atoms with Crippen molar-refractivity contribution in [2.75, 3.05) is 6.54 Å². The van der Waals surface area contributed by atoms with E-state index in [9.17, 15) is 14.4 Å². The maximum absolute atomic E-state index is 12.4. The first-order valence-electron chi connectivity index (χ1n) is 10.1. The summed E-state index contributed by atoms with van der Waals surface area (Å²) in [5, 5.41) is 12.8. The molecule has 156 valence electrons. The van der Waals surface area contributed by atoms with Crippen molar-refractivity contribution in [3.05, 3.63) is 40.2 Å². The number of carbonyl (C=O) groups is 2. The van der Waals surface area contributed by atoms with E-state index < -0.39 is 17.7 Å². The number of carboxylic acids is 1. The first kappa shape index (κ1) is 20.9. The van der Waals surface area contributed by atoms with Crippen LogP contribution in [0.5, 0.6) is 5.75 Å². The van der Waals surface area contributed by atoms with Gasteiger partial charge in [0.15, 0.2) is 6.10 Å². The van der Waals surface area contributed by atoms with Gasteiger partial charge in [-0.15, -0.1) is 0 Å². The number of aryl methyl sites for hydroxylation is 1. The molecule has 2 N–H and O–H groups in total. The van der Waals surface area contributed by atoms with Crippen molar-refractivity contribution in [3.63, 3.8) is 0 Å². The normalized spacial score (nSPS) is 20.2. The van der Waals surface area contributed by atoms with Gasteiger partial charge in [0.2, 0.25) is 0 Å². The Labute approximate surface area is 169 Å². The van der Waals surface area contributed by atoms with Crippen LogP contribution in [-0.4, -0.2) is 29.6 Å². The summed E-state index contributed by atoms with van der Waals surface area (Å²) in [7, 11) is 0. The van der Waals surface area contributed by atoms with Crippen LogP contribution >= 0.6 is 0 Å². The lowest BCUT2D eigenvalue weighted by Crippen LogP contribution is -2.39. The van der Waals surface area contributed by atoms with Crippen LogP contribution in [0.4, 0.5) is 0 Å². The van der Waals surface area contributed by atoms with E-state index in [1.165, 1.54) is 6.07 Å². The van der Waals surface area contributed by atoms with Gasteiger partial charge in [0.1, 0.15) is 11.3 Å². The molecule has 1 aliphatic carbocycles. The molecule has 1 amide bonds. The zero-order valence-corrected chi connectivity index (χ0v) is 16.8. The number of carbonyl (C=O) groups excluding carboxylic acids is 1. The molecule has 0 bridgehead atoms. The maximum atomic E-state index is 12.4. The molecule has 0 saturated heterocycles. The van der Waals surface area contributed by atoms with E-state index in [4.69, 9.17) is 14.3 Å². The fourth-order valence-corrected chi connectivity index (χ4v) is 3.84. The van der Waals surface area contributed by atoms with E-state index in [-0.39, 0.29) is 11.8 Å². The quantitative estimate of drug-likeness (QED) is 0.691. The van der Waals surface area contributed by atoms with Crippen LogP contribution in [0.1, 0.15) is 45.1 Å². The zero-order valence-electron chi connectivity index (χ0n) is 16.8. The molecule has 0 radical (unpaired) electrons. The molecule has 1 atom stereocenters. The van der Waals surface area contributed by atoms with Crippen LogP contribution in [-0.2, 0) is 16.0 Å². The van der Waals surface area contributed by atoms with Gasteiger partial charge in [-0.2, -0.15) is 0 Å². The first-order valence-corrected chi connectivity index (χ1v) is 10.1. The lowest BCUT2D eigenvalue weighted by atomic mass is 9.82. The Kier molecular flexibility index (Phi) is 6.56. The number of nitrogens with one attached hydrogen (secondary N) is 1. The average molecular weight is 401 g/mol. The monoisotopic (exact) mass is 401 g/mol. The van der Waals surface area contributed by atoms with Gasteiger partial charge in [-0.25, -0.2) is 4.79 Å². The molecule has 0 spiro atoms. The second-order valence-corrected chi connectivity index (χ2v) is 7.66. The van der Waals surface area contributed by atoms with E-state index in [2.05, 4.69) is 5.32 Å². The first-order chi connectivity index (χ1) is 13.9. The summed E-state index contributed by atoms with van der Waals surface area (Å²) in [5.74, 6) is -0.464. The van der Waals surface area contributed by atoms with Gasteiger partial charge in [0.05, 0.1) is 5.92 Å². The van der Waals surface area contributed by atoms with Crippen LogP contribution in [0.15, 0.2) is 33.5 Å². The molecular formula is C22H27NO6. The van der Waals surface area contributed by atoms with Crippen LogP contribution in [0.25, 0.3) is 11.0 Å². The highest BCUT2D eigenvalue weighted by Gasteiger charge is 2.26. The van der Waals surface area contributed by atoms with Crippen LogP contribution in [0, 0.1) is 11.8 Å². The molecule has 0 aliphatic heterocycles. The molecular weight excluding hydrogens is 374 g/mol. The number of rotatable bonds is 7. The van der Waals surface area contributed by atoms with Gasteiger partial charge in [0, 0.05) is 24.1 Å². The molecule has 29 heavy (non-hydrogen) atoms. The largest absolute Gasteiger partial charge is 0.481 e. The molecule has 7 nitrogen and oxygen atoms in total. The minimum absolute atomic E-state index is 0.228. The van der Waals surface area contributed by atoms with Gasteiger partial charge < -0.3 is 19.6 Å². The topological polar surface area (TPSA) is 106 Å². The number of hydrogen-bond acceptors (Lipinski definition) is 5. The van der Waals surface area contributed by atoms with Gasteiger partial charge in [-0.1, -0.05) is 6.92 Å². The Balaban J connectivity index is 1.55. The molecule has 0 unspecified atom stereocenters. The number of carboxylic acid groups (broad SMARTS) is 1. The predicted octanol–water partition coefficient (Wildman–Crippen LogP) is 3.13. The fourth-order valence-electron chi connectivity index (χ4n) is 3.84. The van der Waals surface area contributed by atoms with Crippen molar-refractivity contribution < 1.29 is 23.8 Å². The third-order valence-electron chi connectivity index (χ3n) is 5.63. The van der Waals surface area contributed by atoms with Gasteiger partial charge >= 0.3 is 11.6 Å². The van der Waals surface area contributed by atoms with Gasteiger partial charge in [-0.3, -0.25) is 9.59 Å². The molecule has 3 rings (SSSR count). The minimum Gasteiger partial charge on any atom is -0.481 e. The van der Waals surface area contributed by atoms with E-state index in [1.807, 2.05) is 13.0 Å². The molecule has 1 aliphatic rings. The molecule has 7 heteroatoms. The Bertz CT molecular complexity index is 942. The number of fused-ring (bicyclic) bond motifs is 1. The lowest BCUT2D eigenvalue weighted by Gasteiger charge is -2.26. The van der Waals surface area contributed by atoms with Crippen molar-refractivity contribution in [1.29, 1.82) is 0 Å². The van der Waals surface area contributed by atoms with Crippen LogP contribution in [0.2, 0.25) is 0 Å². The molecule has 1 saturated carbocycles. The number of aliphatic carboxylic acids is 1. The van der Waals surface area contributed by atoms with Crippen molar-refractivity contribution >= 4 is 22.8 Å². The average Bonchev–Trinajstić information content (AvgIpc) is 2.71. The summed E-state index contributed by atoms with van der Waals surface area (Å²) in [6.45, 7) is 4.16. The second-order valence-electron chi connectivity index (χ2n) is 7.66. The Hall–Kier alpha value is -2.83. The lowest BCUT2D eigenvalue weighted by molar-refractivity contribution is -0.143. The number of benzene rings is 1. The Morgan fingerprint density at radius 3 is 2.62 bits per heavy atom. The Morgan fingerprint density at radius 1 is 1.24 bits per heavy atom. The standard InChI is InChI=1S/C22H27NO6/c1-3-15-10-20(24)29-19-11-17(8-9-18(15)19)28-13(2)21(25)23-12-14-4-6-16(7-5-14)22(26)27/h8-11,13-14,16H,3-7,12H2,1-2H3,(H,23,25)(H,26,27)/t13-,14?,16?/m0/s1. The van der Waals surface area contributed by atoms with Crippen molar-refractivity contribution in [1.82, 2.24) is 5.32 Å². The summed E-state index contributed by atoms with van der Waals surface area (Å²) in [6, 6.07) is 6.71. The highest BCUT2D eigenvalue weighted by atomic mass is 16.5. The highest BCUT2D eigenvalue weighted by molar-refractivity contribution is 5.83. The van der Waals surface area contributed by atoms with Crippen molar-refractivity contribution in [3.8, 4) is 5.75 Å². The minimum atomic E-state index is -0.730. The van der Waals surface area contributed by atoms with Crippen molar-refractivity contribution in [2.24, 2.45) is 11.8 Å². The smallest absolute Gasteiger partial charge is 0.336 e. The van der Waals surface area contributed by atoms with Gasteiger partial charge in [0.25, 0.3) is 5.91 Å². The van der Waals surface area contributed by atoms with E-state index in [0.29, 0.717) is 36.6 Å². The summed E-state index contributed by atoms with van der Waals surface area (Å²) in [6.07, 6.45) is 2.93. The van der Waals surface area contributed by atoms with E-state index in [1.54, 1.807) is 19.1 Å². The molecule has 1 fully saturated rings. The highest BCUT2D eigenvalue weighted by Crippen LogP contribution is 2.28. The summed E-state index contributed by atoms with van der Waals surface area (Å²) in [5.41, 5.74) is 0.941. The molecule has 1 heterocycles. The summed E-state index contributed by atoms with van der Waals surface area (Å²) < 4.78 is 11.0. The number of hydrogen-bond donors (Lipinski definition) is 2. The maximum Gasteiger partial charge on any atom is 0.336 e. The summed E-state index contributed by atoms with van der Waals surface area (Å²) >= 11 is 0. The molecule has 2 aromatic rings. The number of amides is 1. The molecule has 1 aromatic heterocycles. The fraction of sp³-hybridized carbons (Fsp3) is 0.500. The van der Waals surface area contributed by atoms with E-state index >= 15 is 0 Å². The number of ether oxygens (including phenoxy) is 1. The third kappa shape index (κ3) is 5.16. The molecule has 1 aromatic carbocycles. The zero-order chi connectivity index (χ0) is 21.0. The Morgan fingerprint density at radius 2 is 1.97 bits per heavy atom. The summed E-state index contributed by atoms with van der Waals surface area (Å²) in [4.78, 5) is 35.1. The van der Waals surface area contributed by atoms with Crippen LogP contribution < -0.4 is 15.7 Å². The second kappa shape index (κ2) is 9.11. The van der Waals surface area contributed by atoms with E-state index in [0.717, 1.165) is 30.2 Å². The SMILES string of the molecule is CCc1cc(=O)oc2cc(O[C@@H](C)C(=O)NCC3CCC(C(=O)O)CC3)ccc12. The van der Waals surface area contributed by atoms with Crippen molar-refractivity contribution in [2.45, 2.75) is 52.1 Å². The van der Waals surface area contributed by atoms with Gasteiger partial charge in [-0.05, 0) is 62.6 Å². The van der Waals surface area contributed by atoms with Crippen LogP contribution in [0.3, 0.4) is 0 Å². The predicted molar refractivity (Wildman–Crippen MR) is 108 cm³/mol. The third-order valence-corrected chi connectivity index (χ3v) is 5.63.